The maximum atomic E-state index is 12.8. The summed E-state index contributed by atoms with van der Waals surface area (Å²) in [7, 11) is -0.350. The summed E-state index contributed by atoms with van der Waals surface area (Å²) in [4.78, 5) is 14.2. The summed E-state index contributed by atoms with van der Waals surface area (Å²) in [6.07, 6.45) is 0. The molecule has 1 amide bonds. The van der Waals surface area contributed by atoms with Gasteiger partial charge in [0, 0.05) is 30.6 Å². The van der Waals surface area contributed by atoms with E-state index in [1.807, 2.05) is 31.1 Å². The maximum absolute atomic E-state index is 12.8. The number of sulfonamides is 1. The average Bonchev–Trinajstić information content (AvgIpc) is 2.92. The highest BCUT2D eigenvalue weighted by Crippen LogP contribution is 2.30. The Bertz CT molecular complexity index is 1110. The molecule has 0 fully saturated rings. The lowest BCUT2D eigenvalue weighted by Crippen LogP contribution is -2.31. The molecular formula is C17H16BrN3O4S. The molecular weight excluding hydrogens is 422 g/mol. The summed E-state index contributed by atoms with van der Waals surface area (Å²) < 4.78 is 32.9. The van der Waals surface area contributed by atoms with Crippen molar-refractivity contribution < 1.29 is 17.7 Å². The molecule has 3 aromatic rings. The fourth-order valence-corrected chi connectivity index (χ4v) is 4.12. The van der Waals surface area contributed by atoms with E-state index in [0.29, 0.717) is 15.6 Å². The highest BCUT2D eigenvalue weighted by Gasteiger charge is 2.25. The van der Waals surface area contributed by atoms with Crippen LogP contribution in [-0.4, -0.2) is 33.6 Å². The molecule has 0 spiro atoms. The normalized spacial score (nSPS) is 11.5. The molecule has 26 heavy (non-hydrogen) atoms. The van der Waals surface area contributed by atoms with Crippen LogP contribution in [0.3, 0.4) is 0 Å². The summed E-state index contributed by atoms with van der Waals surface area (Å²) in [5.41, 5.74) is 0.751. The van der Waals surface area contributed by atoms with Crippen molar-refractivity contribution in [3.8, 4) is 0 Å². The number of rotatable bonds is 4. The largest absolute Gasteiger partial charge is 0.377 e. The monoisotopic (exact) mass is 437 g/mol. The summed E-state index contributed by atoms with van der Waals surface area (Å²) in [6, 6.07) is 10.3. The topological polar surface area (TPSA) is 92.5 Å². The van der Waals surface area contributed by atoms with Gasteiger partial charge in [0.15, 0.2) is 5.69 Å². The minimum absolute atomic E-state index is 0.0170. The van der Waals surface area contributed by atoms with Crippen LogP contribution >= 0.6 is 15.9 Å². The second kappa shape index (κ2) is 6.73. The van der Waals surface area contributed by atoms with E-state index in [9.17, 15) is 13.2 Å². The zero-order valence-electron chi connectivity index (χ0n) is 14.3. The molecule has 0 radical (unpaired) electrons. The minimum Gasteiger partial charge on any atom is -0.377 e. The third kappa shape index (κ3) is 3.19. The van der Waals surface area contributed by atoms with E-state index in [0.717, 1.165) is 11.1 Å². The number of hydrogen-bond acceptors (Lipinski definition) is 6. The molecule has 0 aliphatic heterocycles. The summed E-state index contributed by atoms with van der Waals surface area (Å²) in [5.74, 6) is -0.483. The Morgan fingerprint density at radius 2 is 1.81 bits per heavy atom. The first-order valence-electron chi connectivity index (χ1n) is 7.60. The molecule has 1 N–H and O–H groups in total. The quantitative estimate of drug-likeness (QED) is 0.673. The molecule has 0 unspecified atom stereocenters. The van der Waals surface area contributed by atoms with Crippen molar-refractivity contribution in [2.75, 3.05) is 19.0 Å². The Kier molecular flexibility index (Phi) is 4.76. The number of fused-ring (bicyclic) bond motifs is 1. The van der Waals surface area contributed by atoms with E-state index in [1.54, 1.807) is 25.1 Å². The summed E-state index contributed by atoms with van der Waals surface area (Å²) in [6.45, 7) is 1.61. The number of nitrogens with zero attached hydrogens (tertiary/aromatic N) is 2. The fraction of sp³-hybridized carbons (Fsp3) is 0.176. The molecule has 0 aliphatic carbocycles. The molecule has 2 aromatic carbocycles. The van der Waals surface area contributed by atoms with Crippen LogP contribution in [0.5, 0.6) is 0 Å². The van der Waals surface area contributed by atoms with E-state index in [-0.39, 0.29) is 10.6 Å². The van der Waals surface area contributed by atoms with Crippen molar-refractivity contribution >= 4 is 48.3 Å². The standard InChI is InChI=1S/C17H16BrN3O4S/c1-10-15(18)16(19-25-10)17(22)20-26(23,24)14-9-5-6-11-12(14)7-4-8-13(11)21(2)3/h4-9H,1-3H3,(H,20,22). The Balaban J connectivity index is 2.06. The summed E-state index contributed by atoms with van der Waals surface area (Å²) in [5, 5.41) is 4.88. The van der Waals surface area contributed by atoms with Crippen molar-refractivity contribution in [2.45, 2.75) is 11.8 Å². The van der Waals surface area contributed by atoms with Gasteiger partial charge in [-0.15, -0.1) is 0 Å². The van der Waals surface area contributed by atoms with Crippen molar-refractivity contribution in [1.82, 2.24) is 9.88 Å². The molecule has 3 rings (SSSR count). The lowest BCUT2D eigenvalue weighted by Gasteiger charge is -2.17. The van der Waals surface area contributed by atoms with Crippen LogP contribution in [-0.2, 0) is 10.0 Å². The minimum atomic E-state index is -4.10. The smallest absolute Gasteiger partial charge is 0.288 e. The van der Waals surface area contributed by atoms with Crippen LogP contribution in [0.25, 0.3) is 10.8 Å². The number of nitrogens with one attached hydrogen (secondary N) is 1. The molecule has 1 aromatic heterocycles. The molecule has 0 atom stereocenters. The fourth-order valence-electron chi connectivity index (χ4n) is 2.62. The number of anilines is 1. The van der Waals surface area contributed by atoms with Gasteiger partial charge in [0.25, 0.3) is 15.9 Å². The molecule has 136 valence electrons. The van der Waals surface area contributed by atoms with Gasteiger partial charge in [0.1, 0.15) is 5.76 Å². The predicted octanol–water partition coefficient (Wildman–Crippen LogP) is 3.08. The van der Waals surface area contributed by atoms with Crippen LogP contribution in [0.2, 0.25) is 0 Å². The van der Waals surface area contributed by atoms with Crippen molar-refractivity contribution in [3.05, 3.63) is 52.3 Å². The van der Waals surface area contributed by atoms with Gasteiger partial charge in [-0.1, -0.05) is 29.4 Å². The van der Waals surface area contributed by atoms with Gasteiger partial charge in [-0.25, -0.2) is 13.1 Å². The number of amides is 1. The zero-order chi connectivity index (χ0) is 19.1. The Hall–Kier alpha value is -2.39. The number of aryl methyl sites for hydroxylation is 1. The van der Waals surface area contributed by atoms with Gasteiger partial charge < -0.3 is 9.42 Å². The Morgan fingerprint density at radius 1 is 1.15 bits per heavy atom. The van der Waals surface area contributed by atoms with Gasteiger partial charge in [-0.2, -0.15) is 0 Å². The van der Waals surface area contributed by atoms with E-state index < -0.39 is 15.9 Å². The molecule has 0 saturated carbocycles. The van der Waals surface area contributed by atoms with Gasteiger partial charge in [0.2, 0.25) is 0 Å². The molecule has 0 bridgehead atoms. The third-order valence-electron chi connectivity index (χ3n) is 3.86. The molecule has 0 saturated heterocycles. The SMILES string of the molecule is Cc1onc(C(=O)NS(=O)(=O)c2cccc3c(N(C)C)cccc23)c1Br. The number of aromatic nitrogens is 1. The van der Waals surface area contributed by atoms with Crippen molar-refractivity contribution in [2.24, 2.45) is 0 Å². The lowest BCUT2D eigenvalue weighted by molar-refractivity contribution is 0.0972. The van der Waals surface area contributed by atoms with Crippen LogP contribution < -0.4 is 9.62 Å². The molecule has 7 nitrogen and oxygen atoms in total. The number of halogens is 1. The highest BCUT2D eigenvalue weighted by atomic mass is 79.9. The lowest BCUT2D eigenvalue weighted by atomic mass is 10.1. The van der Waals surface area contributed by atoms with Crippen molar-refractivity contribution in [1.29, 1.82) is 0 Å². The third-order valence-corrected chi connectivity index (χ3v) is 6.19. The van der Waals surface area contributed by atoms with Crippen LogP contribution in [0.4, 0.5) is 5.69 Å². The number of benzene rings is 2. The van der Waals surface area contributed by atoms with Gasteiger partial charge in [-0.3, -0.25) is 4.79 Å². The van der Waals surface area contributed by atoms with Crippen molar-refractivity contribution in [3.63, 3.8) is 0 Å². The average molecular weight is 438 g/mol. The van der Waals surface area contributed by atoms with Crippen LogP contribution in [0.1, 0.15) is 16.2 Å². The maximum Gasteiger partial charge on any atom is 0.288 e. The number of carbonyl (C=O) groups excluding carboxylic acids is 1. The second-order valence-corrected chi connectivity index (χ2v) is 8.30. The van der Waals surface area contributed by atoms with Crippen LogP contribution in [0, 0.1) is 6.92 Å². The molecule has 1 heterocycles. The van der Waals surface area contributed by atoms with E-state index in [2.05, 4.69) is 25.8 Å². The first kappa shape index (κ1) is 18.4. The molecule has 9 heteroatoms. The van der Waals surface area contributed by atoms with Gasteiger partial charge in [-0.05, 0) is 35.0 Å². The zero-order valence-corrected chi connectivity index (χ0v) is 16.7. The number of hydrogen-bond donors (Lipinski definition) is 1. The number of carbonyl (C=O) groups is 1. The van der Waals surface area contributed by atoms with Gasteiger partial charge in [0.05, 0.1) is 9.37 Å². The van der Waals surface area contributed by atoms with E-state index >= 15 is 0 Å². The first-order chi connectivity index (χ1) is 12.2. The highest BCUT2D eigenvalue weighted by molar-refractivity contribution is 9.10. The summed E-state index contributed by atoms with van der Waals surface area (Å²) >= 11 is 3.16. The van der Waals surface area contributed by atoms with E-state index in [4.69, 9.17) is 4.52 Å². The predicted molar refractivity (Wildman–Crippen MR) is 102 cm³/mol. The Labute approximate surface area is 159 Å². The first-order valence-corrected chi connectivity index (χ1v) is 9.88. The Morgan fingerprint density at radius 3 is 2.42 bits per heavy atom. The van der Waals surface area contributed by atoms with Crippen LogP contribution in [0.15, 0.2) is 50.3 Å². The van der Waals surface area contributed by atoms with E-state index in [1.165, 1.54) is 6.07 Å². The van der Waals surface area contributed by atoms with Gasteiger partial charge >= 0.3 is 0 Å². The second-order valence-electron chi connectivity index (χ2n) is 5.86. The molecule has 0 aliphatic rings.